The smallest absolute Gasteiger partial charge is 0.335 e. The quantitative estimate of drug-likeness (QED) is 0.0340. The molecular weight excluding hydrogens is 1110 g/mol. The van der Waals surface area contributed by atoms with Crippen LogP contribution in [0.25, 0.3) is 0 Å². The Hall–Kier alpha value is -2.49. The molecule has 26 heteroatoms. The van der Waals surface area contributed by atoms with Gasteiger partial charge in [0.15, 0.2) is 31.3 Å². The van der Waals surface area contributed by atoms with Gasteiger partial charge in [-0.25, -0.2) is 4.79 Å². The zero-order valence-corrected chi connectivity index (χ0v) is 49.0. The molecule has 480 valence electrons. The molecular formula is C58H92O26. The van der Waals surface area contributed by atoms with E-state index in [2.05, 4.69) is 40.7 Å². The standard InChI is InChI=1S/C58H92O26/c1-24(2)15-35(65)79-34-18-57(8)25(26-16-53(3,4)17-32(64)58(26,34)23-62)9-10-31-54(5)13-12-33(55(6,22-61)30(54)11-14-56(31,57)7)80-52-47(84-50-42(72)40(70)38(68)29(20-60)78-50)44(43(73)45(82-52)48(74)75)81-51-46(36(66)27(63)21-76-51)83-49-41(71)39(69)37(67)28(19-59)77-49/h9,22,24,26-34,36-47,49-52,59-60,62-64,66-73H,10-21,23H2,1-8H3,(H,74,75)/t26-,27-,28+,29+,30+,31+,32-,33-,34+,36-,37-,38-,39-,40-,41+,42+,43-,44-,45-,46+,47+,49?,50-,51-,52+,54-,55-,56+,57+,58+/m0/s1. The van der Waals surface area contributed by atoms with Gasteiger partial charge in [-0.05, 0) is 96.7 Å². The number of aldehydes is 1. The van der Waals surface area contributed by atoms with Crippen molar-refractivity contribution in [3.05, 3.63) is 11.6 Å². The van der Waals surface area contributed by atoms with E-state index < -0.39 is 200 Å². The number of carbonyl (C=O) groups is 3. The van der Waals surface area contributed by atoms with Crippen molar-refractivity contribution in [2.45, 2.75) is 248 Å². The van der Waals surface area contributed by atoms with E-state index in [1.54, 1.807) is 6.92 Å². The maximum absolute atomic E-state index is 14.2. The van der Waals surface area contributed by atoms with Crippen molar-refractivity contribution in [2.75, 3.05) is 26.4 Å². The summed E-state index contributed by atoms with van der Waals surface area (Å²) in [6, 6.07) is 0. The molecule has 9 rings (SSSR count). The van der Waals surface area contributed by atoms with Gasteiger partial charge in [0.05, 0.1) is 49.5 Å². The van der Waals surface area contributed by atoms with Crippen LogP contribution in [0.3, 0.4) is 0 Å². The molecule has 5 aliphatic carbocycles. The van der Waals surface area contributed by atoms with E-state index in [4.69, 9.17) is 42.6 Å². The SMILES string of the molecule is CC(C)CC(=O)O[C@@H]1C[C@]2(C)C(=CC[C@@H]3[C@@]4(C)CC[C@H](O[C@@H]5O[C@H](C(=O)O)[C@@H](O)[C@H](O[C@@H]6OC[C@H](O)[C@H](O)[C@H]6OC6O[C@H](CO)[C@H](O)[C@H](O)[C@H]6O)[C@H]5O[C@@H]5O[C@H](CO)[C@H](O)[C@H](O)[C@H]5O)[C@@](C)(C=O)[C@@H]4CC[C@]32C)[C@@H]2CC(C)(C)C[C@H](O)[C@]12CO. The molecule has 14 N–H and O–H groups in total. The number of aliphatic hydroxyl groups is 13. The molecule has 9 aliphatic rings. The summed E-state index contributed by atoms with van der Waals surface area (Å²) in [4.78, 5) is 41.1. The number of hydrogen-bond donors (Lipinski definition) is 14. The minimum Gasteiger partial charge on any atom is -0.479 e. The largest absolute Gasteiger partial charge is 0.479 e. The number of hydrogen-bond acceptors (Lipinski definition) is 25. The third-order valence-corrected chi connectivity index (χ3v) is 22.0. The number of allylic oxidation sites excluding steroid dienone is 2. The van der Waals surface area contributed by atoms with Crippen LogP contribution in [0, 0.1) is 56.2 Å². The van der Waals surface area contributed by atoms with Gasteiger partial charge in [-0.1, -0.05) is 67.0 Å². The Bertz CT molecular complexity index is 2370. The van der Waals surface area contributed by atoms with Crippen LogP contribution in [0.15, 0.2) is 11.6 Å². The highest BCUT2D eigenvalue weighted by molar-refractivity contribution is 5.73. The topological polar surface area (TPSA) is 418 Å². The van der Waals surface area contributed by atoms with Crippen LogP contribution >= 0.6 is 0 Å². The van der Waals surface area contributed by atoms with Crippen LogP contribution in [0.5, 0.6) is 0 Å². The lowest BCUT2D eigenvalue weighted by atomic mass is 9.33. The van der Waals surface area contributed by atoms with Crippen LogP contribution in [-0.2, 0) is 57.0 Å². The minimum atomic E-state index is -2.30. The fourth-order valence-electron chi connectivity index (χ4n) is 17.1. The molecule has 26 nitrogen and oxygen atoms in total. The van der Waals surface area contributed by atoms with Crippen molar-refractivity contribution in [2.24, 2.45) is 56.2 Å². The first-order chi connectivity index (χ1) is 39.3. The van der Waals surface area contributed by atoms with E-state index >= 15 is 0 Å². The third kappa shape index (κ3) is 11.0. The average Bonchev–Trinajstić information content (AvgIpc) is 0.692. The van der Waals surface area contributed by atoms with E-state index in [1.165, 1.54) is 0 Å². The van der Waals surface area contributed by atoms with Gasteiger partial charge in [0.2, 0.25) is 0 Å². The lowest BCUT2D eigenvalue weighted by molar-refractivity contribution is -0.400. The lowest BCUT2D eigenvalue weighted by Gasteiger charge is -2.72. The molecule has 0 amide bonds. The molecule has 4 aliphatic heterocycles. The highest BCUT2D eigenvalue weighted by Crippen LogP contribution is 2.76. The molecule has 0 aromatic rings. The van der Waals surface area contributed by atoms with E-state index in [9.17, 15) is 85.9 Å². The summed E-state index contributed by atoms with van der Waals surface area (Å²) in [6.45, 7) is 13.6. The van der Waals surface area contributed by atoms with Crippen molar-refractivity contribution in [1.82, 2.24) is 0 Å². The summed E-state index contributed by atoms with van der Waals surface area (Å²) >= 11 is 0. The van der Waals surface area contributed by atoms with Crippen LogP contribution in [0.4, 0.5) is 0 Å². The predicted molar refractivity (Wildman–Crippen MR) is 284 cm³/mol. The molecule has 84 heavy (non-hydrogen) atoms. The Kier molecular flexibility index (Phi) is 19.1. The first-order valence-electron chi connectivity index (χ1n) is 29.7. The Labute approximate surface area is 487 Å². The Morgan fingerprint density at radius 1 is 0.655 bits per heavy atom. The van der Waals surface area contributed by atoms with Gasteiger partial charge in [0, 0.05) is 6.42 Å². The molecule has 0 aromatic carbocycles. The summed E-state index contributed by atoms with van der Waals surface area (Å²) in [7, 11) is 0. The van der Waals surface area contributed by atoms with Crippen molar-refractivity contribution < 1.29 is 129 Å². The number of aliphatic carboxylic acids is 1. The zero-order chi connectivity index (χ0) is 61.7. The van der Waals surface area contributed by atoms with Crippen LogP contribution in [0.1, 0.15) is 113 Å². The van der Waals surface area contributed by atoms with Crippen LogP contribution in [-0.4, -0.2) is 251 Å². The normalized spacial score (nSPS) is 52.0. The number of carboxylic acids is 1. The van der Waals surface area contributed by atoms with E-state index in [1.807, 2.05) is 13.8 Å². The van der Waals surface area contributed by atoms with E-state index in [0.717, 1.165) is 11.9 Å². The first-order valence-corrected chi connectivity index (χ1v) is 29.7. The number of fused-ring (bicyclic) bond motifs is 7. The highest BCUT2D eigenvalue weighted by Gasteiger charge is 2.73. The second-order valence-electron chi connectivity index (χ2n) is 27.8. The molecule has 30 atom stereocenters. The van der Waals surface area contributed by atoms with Crippen molar-refractivity contribution in [3.63, 3.8) is 0 Å². The average molecular weight is 1210 g/mol. The van der Waals surface area contributed by atoms with Gasteiger partial charge in [-0.3, -0.25) is 4.79 Å². The second kappa shape index (κ2) is 24.4. The van der Waals surface area contributed by atoms with Gasteiger partial charge in [0.1, 0.15) is 97.8 Å². The number of carboxylic acid groups (broad SMARTS) is 1. The van der Waals surface area contributed by atoms with Crippen molar-refractivity contribution in [1.29, 1.82) is 0 Å². The summed E-state index contributed by atoms with van der Waals surface area (Å²) in [5.74, 6) is -3.03. The van der Waals surface area contributed by atoms with E-state index in [0.29, 0.717) is 44.9 Å². The van der Waals surface area contributed by atoms with Gasteiger partial charge in [0.25, 0.3) is 0 Å². The molecule has 4 heterocycles. The van der Waals surface area contributed by atoms with Gasteiger partial charge in [-0.2, -0.15) is 0 Å². The summed E-state index contributed by atoms with van der Waals surface area (Å²) < 4.78 is 54.9. The Morgan fingerprint density at radius 2 is 1.25 bits per heavy atom. The molecule has 0 radical (unpaired) electrons. The van der Waals surface area contributed by atoms with E-state index in [-0.39, 0.29) is 42.6 Å². The van der Waals surface area contributed by atoms with Gasteiger partial charge >= 0.3 is 11.9 Å². The molecule has 0 bridgehead atoms. The van der Waals surface area contributed by atoms with Crippen molar-refractivity contribution in [3.8, 4) is 0 Å². The molecule has 8 fully saturated rings. The Morgan fingerprint density at radius 3 is 1.81 bits per heavy atom. The fourth-order valence-corrected chi connectivity index (χ4v) is 17.1. The summed E-state index contributed by atoms with van der Waals surface area (Å²) in [5.41, 5.74) is -3.49. The number of aliphatic hydroxyl groups excluding tert-OH is 13. The maximum Gasteiger partial charge on any atom is 0.335 e. The number of rotatable bonds is 16. The maximum atomic E-state index is 14.2. The zero-order valence-electron chi connectivity index (χ0n) is 49.0. The molecule has 4 saturated carbocycles. The van der Waals surface area contributed by atoms with Gasteiger partial charge in [-0.15, -0.1) is 0 Å². The third-order valence-electron chi connectivity index (χ3n) is 22.0. The molecule has 0 spiro atoms. The summed E-state index contributed by atoms with van der Waals surface area (Å²) in [5, 5.41) is 153. The fraction of sp³-hybridized carbons (Fsp3) is 0.914. The lowest BCUT2D eigenvalue weighted by Crippen LogP contribution is -2.70. The van der Waals surface area contributed by atoms with Gasteiger partial charge < -0.3 is 119 Å². The Balaban J connectivity index is 1.06. The minimum absolute atomic E-state index is 0.00236. The predicted octanol–water partition coefficient (Wildman–Crippen LogP) is -2.11. The monoisotopic (exact) mass is 1200 g/mol. The molecule has 0 aromatic heterocycles. The molecule has 4 saturated heterocycles. The van der Waals surface area contributed by atoms with Crippen LogP contribution < -0.4 is 0 Å². The highest BCUT2D eigenvalue weighted by atomic mass is 16.8. The second-order valence-corrected chi connectivity index (χ2v) is 27.8. The number of carbonyl (C=O) groups excluding carboxylic acids is 2. The first kappa shape index (κ1) is 65.9. The van der Waals surface area contributed by atoms with Crippen molar-refractivity contribution >= 4 is 18.2 Å². The molecule has 1 unspecified atom stereocenters. The number of ether oxygens (including phenoxy) is 9. The number of esters is 1. The van der Waals surface area contributed by atoms with Crippen LogP contribution in [0.2, 0.25) is 0 Å². The summed E-state index contributed by atoms with van der Waals surface area (Å²) in [6.07, 6.45) is -33.3.